The predicted molar refractivity (Wildman–Crippen MR) is 109 cm³/mol. The topological polar surface area (TPSA) is 62.6 Å². The Morgan fingerprint density at radius 1 is 1.20 bits per heavy atom. The molecule has 0 N–H and O–H groups in total. The monoisotopic (exact) mass is 416 g/mol. The van der Waals surface area contributed by atoms with E-state index in [9.17, 15) is 13.6 Å². The molecule has 1 heterocycles. The molecule has 0 radical (unpaired) electrons. The minimum Gasteiger partial charge on any atom is -0.493 e. The normalized spacial score (nSPS) is 12.5. The van der Waals surface area contributed by atoms with Gasteiger partial charge >= 0.3 is 12.5 Å². The second-order valence-corrected chi connectivity index (χ2v) is 6.44. The number of aromatic nitrogens is 2. The molecule has 0 bridgehead atoms. The Kier molecular flexibility index (Phi) is 6.66. The van der Waals surface area contributed by atoms with Crippen molar-refractivity contribution in [1.29, 1.82) is 0 Å². The molecule has 3 aromatic rings. The number of rotatable bonds is 8. The van der Waals surface area contributed by atoms with Gasteiger partial charge in [-0.3, -0.25) is 4.57 Å². The van der Waals surface area contributed by atoms with Gasteiger partial charge in [0, 0.05) is 0 Å². The quantitative estimate of drug-likeness (QED) is 0.475. The van der Waals surface area contributed by atoms with Crippen molar-refractivity contribution in [3.63, 3.8) is 0 Å². The molecule has 0 aliphatic heterocycles. The molecular weight excluding hydrogens is 394 g/mol. The number of allylic oxidation sites excluding steroid dienone is 1. The summed E-state index contributed by atoms with van der Waals surface area (Å²) in [4.78, 5) is 16.4. The number of ether oxygens (including phenoxy) is 3. The summed E-state index contributed by atoms with van der Waals surface area (Å²) < 4.78 is 44.0. The predicted octanol–water partition coefficient (Wildman–Crippen LogP) is 5.16. The lowest BCUT2D eigenvalue weighted by atomic mass is 10.2. The van der Waals surface area contributed by atoms with Crippen LogP contribution in [0.15, 0.2) is 48.5 Å². The lowest BCUT2D eigenvalue weighted by Gasteiger charge is -2.16. The number of hydrogen-bond acceptors (Lipinski definition) is 5. The van der Waals surface area contributed by atoms with Crippen molar-refractivity contribution in [1.82, 2.24) is 9.55 Å². The highest BCUT2D eigenvalue weighted by Gasteiger charge is 2.24. The fraction of sp³-hybridized carbons (Fsp3) is 0.273. The molecule has 1 atom stereocenters. The van der Waals surface area contributed by atoms with Gasteiger partial charge in [0.25, 0.3) is 0 Å². The molecule has 0 fully saturated rings. The summed E-state index contributed by atoms with van der Waals surface area (Å²) >= 11 is 0. The lowest BCUT2D eigenvalue weighted by molar-refractivity contribution is -0.151. The van der Waals surface area contributed by atoms with Crippen LogP contribution in [0, 0.1) is 0 Å². The Hall–Kier alpha value is -3.42. The van der Waals surface area contributed by atoms with E-state index in [-0.39, 0.29) is 11.3 Å². The van der Waals surface area contributed by atoms with E-state index in [0.717, 1.165) is 10.1 Å². The van der Waals surface area contributed by atoms with Crippen LogP contribution < -0.4 is 9.47 Å². The Bertz CT molecular complexity index is 1060. The van der Waals surface area contributed by atoms with E-state index < -0.39 is 25.2 Å². The van der Waals surface area contributed by atoms with Gasteiger partial charge in [-0.1, -0.05) is 30.4 Å². The molecular formula is C22H22F2N2O4. The molecule has 1 unspecified atom stereocenters. The smallest absolute Gasteiger partial charge is 0.344 e. The standard InChI is InChI=1S/C22H22F2N2O4/c1-4-7-15-10-11-18(19(12-15)28-3)29-13-20(27)30-14(2)21-25-16-8-5-6-9-17(16)26(21)22(23)24/h4-12,14,22H,13H2,1-3H3/b7-4+. The number of para-hydroxylation sites is 2. The SMILES string of the molecule is C/C=C/c1ccc(OCC(=O)OC(C)c2nc3ccccc3n2C(F)F)c(OC)c1. The van der Waals surface area contributed by atoms with Crippen LogP contribution in [-0.2, 0) is 9.53 Å². The summed E-state index contributed by atoms with van der Waals surface area (Å²) in [5.74, 6) is 0.0870. The molecule has 8 heteroatoms. The van der Waals surface area contributed by atoms with Gasteiger partial charge in [0.2, 0.25) is 0 Å². The number of nitrogens with zero attached hydrogens (tertiary/aromatic N) is 2. The van der Waals surface area contributed by atoms with Crippen LogP contribution in [0.1, 0.15) is 37.9 Å². The number of fused-ring (bicyclic) bond motifs is 1. The first kappa shape index (κ1) is 21.3. The molecule has 0 spiro atoms. The number of esters is 1. The van der Waals surface area contributed by atoms with Gasteiger partial charge in [0.05, 0.1) is 18.1 Å². The molecule has 158 valence electrons. The molecule has 1 aromatic heterocycles. The second-order valence-electron chi connectivity index (χ2n) is 6.44. The van der Waals surface area contributed by atoms with Crippen LogP contribution in [0.4, 0.5) is 8.78 Å². The van der Waals surface area contributed by atoms with E-state index in [1.165, 1.54) is 14.0 Å². The summed E-state index contributed by atoms with van der Waals surface area (Å²) in [5.41, 5.74) is 1.59. The van der Waals surface area contributed by atoms with Crippen molar-refractivity contribution in [3.05, 3.63) is 59.9 Å². The van der Waals surface area contributed by atoms with Crippen molar-refractivity contribution in [2.45, 2.75) is 26.5 Å². The number of carbonyl (C=O) groups is 1. The van der Waals surface area contributed by atoms with Crippen molar-refractivity contribution >= 4 is 23.1 Å². The Morgan fingerprint density at radius 2 is 1.97 bits per heavy atom. The van der Waals surface area contributed by atoms with E-state index in [2.05, 4.69) is 4.98 Å². The Morgan fingerprint density at radius 3 is 2.67 bits per heavy atom. The summed E-state index contributed by atoms with van der Waals surface area (Å²) in [5, 5.41) is 0. The summed E-state index contributed by atoms with van der Waals surface area (Å²) in [6, 6.07) is 11.8. The summed E-state index contributed by atoms with van der Waals surface area (Å²) in [6.07, 6.45) is 2.81. The number of methoxy groups -OCH3 is 1. The molecule has 0 saturated heterocycles. The van der Waals surface area contributed by atoms with E-state index in [4.69, 9.17) is 14.2 Å². The molecule has 0 aliphatic rings. The average molecular weight is 416 g/mol. The Labute approximate surface area is 172 Å². The van der Waals surface area contributed by atoms with Gasteiger partial charge in [-0.25, -0.2) is 9.78 Å². The van der Waals surface area contributed by atoms with Gasteiger partial charge in [-0.05, 0) is 43.7 Å². The van der Waals surface area contributed by atoms with Gasteiger partial charge in [0.15, 0.2) is 30.0 Å². The molecule has 0 aliphatic carbocycles. The first-order chi connectivity index (χ1) is 14.4. The third kappa shape index (κ3) is 4.59. The van der Waals surface area contributed by atoms with E-state index >= 15 is 0 Å². The highest BCUT2D eigenvalue weighted by atomic mass is 19.3. The number of alkyl halides is 2. The summed E-state index contributed by atoms with van der Waals surface area (Å²) in [6.45, 7) is 0.170. The molecule has 0 saturated carbocycles. The van der Waals surface area contributed by atoms with E-state index in [1.807, 2.05) is 25.1 Å². The molecule has 2 aromatic carbocycles. The minimum absolute atomic E-state index is 0.0344. The Balaban J connectivity index is 1.70. The maximum absolute atomic E-state index is 13.6. The zero-order valence-electron chi connectivity index (χ0n) is 16.8. The van der Waals surface area contributed by atoms with Crippen LogP contribution in [-0.4, -0.2) is 29.2 Å². The average Bonchev–Trinajstić information content (AvgIpc) is 3.13. The van der Waals surface area contributed by atoms with E-state index in [0.29, 0.717) is 17.0 Å². The van der Waals surface area contributed by atoms with Gasteiger partial charge in [-0.15, -0.1) is 0 Å². The summed E-state index contributed by atoms with van der Waals surface area (Å²) in [7, 11) is 1.50. The van der Waals surface area contributed by atoms with Crippen LogP contribution in [0.25, 0.3) is 17.1 Å². The highest BCUT2D eigenvalue weighted by Crippen LogP contribution is 2.30. The van der Waals surface area contributed by atoms with Crippen LogP contribution in [0.3, 0.4) is 0 Å². The third-order valence-corrected chi connectivity index (χ3v) is 4.38. The zero-order chi connectivity index (χ0) is 21.7. The van der Waals surface area contributed by atoms with Crippen molar-refractivity contribution in [2.24, 2.45) is 0 Å². The van der Waals surface area contributed by atoms with Crippen molar-refractivity contribution < 1.29 is 27.8 Å². The lowest BCUT2D eigenvalue weighted by Crippen LogP contribution is -2.19. The molecule has 0 amide bonds. The van der Waals surface area contributed by atoms with Gasteiger partial charge < -0.3 is 14.2 Å². The number of imidazole rings is 1. The number of benzene rings is 2. The molecule has 30 heavy (non-hydrogen) atoms. The first-order valence-electron chi connectivity index (χ1n) is 9.32. The molecule has 6 nitrogen and oxygen atoms in total. The third-order valence-electron chi connectivity index (χ3n) is 4.38. The van der Waals surface area contributed by atoms with E-state index in [1.54, 1.807) is 36.4 Å². The van der Waals surface area contributed by atoms with Crippen LogP contribution in [0.5, 0.6) is 11.5 Å². The number of carbonyl (C=O) groups excluding carboxylic acids is 1. The largest absolute Gasteiger partial charge is 0.493 e. The van der Waals surface area contributed by atoms with Crippen LogP contribution >= 0.6 is 0 Å². The highest BCUT2D eigenvalue weighted by molar-refractivity contribution is 5.76. The molecule has 3 rings (SSSR count). The maximum Gasteiger partial charge on any atom is 0.344 e. The van der Waals surface area contributed by atoms with Crippen molar-refractivity contribution in [3.8, 4) is 11.5 Å². The zero-order valence-corrected chi connectivity index (χ0v) is 16.8. The van der Waals surface area contributed by atoms with Gasteiger partial charge in [0.1, 0.15) is 0 Å². The first-order valence-corrected chi connectivity index (χ1v) is 9.32. The number of hydrogen-bond donors (Lipinski definition) is 0. The maximum atomic E-state index is 13.6. The fourth-order valence-electron chi connectivity index (χ4n) is 3.08. The minimum atomic E-state index is -2.82. The van der Waals surface area contributed by atoms with Crippen LogP contribution in [0.2, 0.25) is 0 Å². The van der Waals surface area contributed by atoms with Crippen molar-refractivity contribution in [2.75, 3.05) is 13.7 Å². The van der Waals surface area contributed by atoms with Gasteiger partial charge in [-0.2, -0.15) is 8.78 Å². The number of halogens is 2. The second kappa shape index (κ2) is 9.39. The fourth-order valence-corrected chi connectivity index (χ4v) is 3.08.